The zero-order valence-electron chi connectivity index (χ0n) is 18.5. The summed E-state index contributed by atoms with van der Waals surface area (Å²) in [4.78, 5) is 4.74. The Morgan fingerprint density at radius 2 is 1.41 bits per heavy atom. The van der Waals surface area contributed by atoms with Gasteiger partial charge in [-0.15, -0.1) is 10.2 Å². The van der Waals surface area contributed by atoms with E-state index in [1.165, 1.54) is 18.4 Å². The molecule has 32 heavy (non-hydrogen) atoms. The predicted molar refractivity (Wildman–Crippen MR) is 132 cm³/mol. The number of unbranched alkanes of at least 4 members (excludes halogenated alkanes) is 1. The van der Waals surface area contributed by atoms with Crippen molar-refractivity contribution in [2.45, 2.75) is 33.1 Å². The van der Waals surface area contributed by atoms with Gasteiger partial charge in [-0.3, -0.25) is 0 Å². The lowest BCUT2D eigenvalue weighted by Gasteiger charge is -2.09. The lowest BCUT2D eigenvalue weighted by molar-refractivity contribution is 0.795. The molecule has 0 aliphatic rings. The molecule has 0 saturated carbocycles. The minimum absolute atomic E-state index is 0.363. The maximum Gasteiger partial charge on any atom is 0.263 e. The summed E-state index contributed by atoms with van der Waals surface area (Å²) >= 11 is 0. The molecule has 4 aromatic rings. The molecule has 1 heterocycles. The number of hydrogen-bond donors (Lipinski definition) is 1. The number of aryl methyl sites for hydroxylation is 1. The molecular formula is C27H27N5. The van der Waals surface area contributed by atoms with Crippen molar-refractivity contribution in [3.05, 3.63) is 96.1 Å². The quantitative estimate of drug-likeness (QED) is 0.265. The molecule has 0 radical (unpaired) electrons. The van der Waals surface area contributed by atoms with Crippen molar-refractivity contribution < 1.29 is 0 Å². The zero-order valence-corrected chi connectivity index (χ0v) is 18.5. The Kier molecular flexibility index (Phi) is 6.98. The second kappa shape index (κ2) is 10.4. The van der Waals surface area contributed by atoms with E-state index >= 15 is 0 Å². The lowest BCUT2D eigenvalue weighted by Crippen LogP contribution is -2.05. The topological polar surface area (TPSA) is 63.1 Å². The number of rotatable bonds is 8. The fourth-order valence-electron chi connectivity index (χ4n) is 3.45. The standard InChI is InChI=1S/C27H27N5/c1-3-4-11-21-16-18-22(19-17-21)20(2)29-31-27-28-25(23-12-7-5-8-13-23)26(30-32-27)24-14-9-6-10-15-24/h5-10,12-19H,3-4,11H2,1-2H3,(H,28,31,32). The average molecular weight is 422 g/mol. The van der Waals surface area contributed by atoms with Gasteiger partial charge in [-0.05, 0) is 30.9 Å². The van der Waals surface area contributed by atoms with Crippen molar-refractivity contribution >= 4 is 11.7 Å². The highest BCUT2D eigenvalue weighted by Gasteiger charge is 2.13. The third-order valence-electron chi connectivity index (χ3n) is 5.30. The van der Waals surface area contributed by atoms with E-state index in [0.717, 1.165) is 40.2 Å². The Bertz CT molecular complexity index is 1170. The highest BCUT2D eigenvalue weighted by atomic mass is 15.4. The maximum atomic E-state index is 4.74. The van der Waals surface area contributed by atoms with Gasteiger partial charge in [0.05, 0.1) is 5.71 Å². The summed E-state index contributed by atoms with van der Waals surface area (Å²) in [6, 6.07) is 28.6. The SMILES string of the molecule is CCCCc1ccc(C(C)=NNc2nnc(-c3ccccc3)c(-c3ccccc3)n2)cc1. The smallest absolute Gasteiger partial charge is 0.244 e. The Balaban J connectivity index is 1.59. The van der Waals surface area contributed by atoms with Crippen LogP contribution in [-0.4, -0.2) is 20.9 Å². The Labute approximate surface area is 189 Å². The molecule has 0 saturated heterocycles. The van der Waals surface area contributed by atoms with Crippen LogP contribution < -0.4 is 5.43 Å². The van der Waals surface area contributed by atoms with Gasteiger partial charge in [-0.1, -0.05) is 98.3 Å². The van der Waals surface area contributed by atoms with Crippen LogP contribution in [0.2, 0.25) is 0 Å². The number of aromatic nitrogens is 3. The monoisotopic (exact) mass is 421 g/mol. The number of hydrogen-bond acceptors (Lipinski definition) is 5. The highest BCUT2D eigenvalue weighted by molar-refractivity contribution is 5.99. The van der Waals surface area contributed by atoms with Gasteiger partial charge in [0.1, 0.15) is 11.4 Å². The predicted octanol–water partition coefficient (Wildman–Crippen LogP) is 6.38. The Hall–Kier alpha value is -3.86. The number of nitrogens with one attached hydrogen (secondary N) is 1. The second-order valence-corrected chi connectivity index (χ2v) is 7.67. The Morgan fingerprint density at radius 1 is 0.781 bits per heavy atom. The average Bonchev–Trinajstić information content (AvgIpc) is 2.87. The van der Waals surface area contributed by atoms with Crippen molar-refractivity contribution in [3.8, 4) is 22.5 Å². The minimum Gasteiger partial charge on any atom is -0.244 e. The van der Waals surface area contributed by atoms with E-state index in [2.05, 4.69) is 51.9 Å². The minimum atomic E-state index is 0.363. The number of anilines is 1. The molecule has 1 aromatic heterocycles. The van der Waals surface area contributed by atoms with Gasteiger partial charge in [0.25, 0.3) is 5.95 Å². The molecule has 3 aromatic carbocycles. The zero-order chi connectivity index (χ0) is 22.2. The maximum absolute atomic E-state index is 4.74. The van der Waals surface area contributed by atoms with E-state index in [4.69, 9.17) is 4.98 Å². The number of nitrogens with zero attached hydrogens (tertiary/aromatic N) is 4. The first-order chi connectivity index (χ1) is 15.7. The van der Waals surface area contributed by atoms with Crippen LogP contribution in [0.15, 0.2) is 90.0 Å². The fraction of sp³-hybridized carbons (Fsp3) is 0.185. The van der Waals surface area contributed by atoms with E-state index in [1.807, 2.05) is 67.6 Å². The molecule has 5 nitrogen and oxygen atoms in total. The molecule has 0 bridgehead atoms. The summed E-state index contributed by atoms with van der Waals surface area (Å²) in [6.07, 6.45) is 3.52. The van der Waals surface area contributed by atoms with Crippen LogP contribution in [0.4, 0.5) is 5.95 Å². The summed E-state index contributed by atoms with van der Waals surface area (Å²) in [7, 11) is 0. The van der Waals surface area contributed by atoms with Crippen molar-refractivity contribution in [2.75, 3.05) is 5.43 Å². The summed E-state index contributed by atoms with van der Waals surface area (Å²) in [5.74, 6) is 0.363. The number of hydrazone groups is 1. The van der Waals surface area contributed by atoms with Crippen LogP contribution in [0.3, 0.4) is 0 Å². The molecule has 0 spiro atoms. The lowest BCUT2D eigenvalue weighted by atomic mass is 10.0. The van der Waals surface area contributed by atoms with E-state index < -0.39 is 0 Å². The van der Waals surface area contributed by atoms with Gasteiger partial charge >= 0.3 is 0 Å². The van der Waals surface area contributed by atoms with Gasteiger partial charge in [-0.2, -0.15) is 5.10 Å². The highest BCUT2D eigenvalue weighted by Crippen LogP contribution is 2.28. The van der Waals surface area contributed by atoms with Crippen LogP contribution in [-0.2, 0) is 6.42 Å². The van der Waals surface area contributed by atoms with Crippen molar-refractivity contribution in [2.24, 2.45) is 5.10 Å². The molecule has 0 unspecified atom stereocenters. The van der Waals surface area contributed by atoms with Crippen LogP contribution in [0, 0.1) is 0 Å². The van der Waals surface area contributed by atoms with Gasteiger partial charge in [0, 0.05) is 11.1 Å². The summed E-state index contributed by atoms with van der Waals surface area (Å²) < 4.78 is 0. The normalized spacial score (nSPS) is 11.4. The first-order valence-electron chi connectivity index (χ1n) is 11.0. The molecule has 0 atom stereocenters. The summed E-state index contributed by atoms with van der Waals surface area (Å²) in [5.41, 5.74) is 9.73. The van der Waals surface area contributed by atoms with Crippen LogP contribution >= 0.6 is 0 Å². The first kappa shape index (κ1) is 21.4. The Morgan fingerprint density at radius 3 is 2.03 bits per heavy atom. The molecule has 4 rings (SSSR count). The van der Waals surface area contributed by atoms with Gasteiger partial charge in [-0.25, -0.2) is 10.4 Å². The van der Waals surface area contributed by atoms with E-state index in [1.54, 1.807) is 0 Å². The molecule has 0 aliphatic carbocycles. The molecule has 160 valence electrons. The molecule has 5 heteroatoms. The van der Waals surface area contributed by atoms with Crippen LogP contribution in [0.25, 0.3) is 22.5 Å². The number of benzene rings is 3. The first-order valence-corrected chi connectivity index (χ1v) is 11.0. The largest absolute Gasteiger partial charge is 0.263 e. The molecule has 0 fully saturated rings. The fourth-order valence-corrected chi connectivity index (χ4v) is 3.45. The molecule has 0 aliphatic heterocycles. The van der Waals surface area contributed by atoms with Crippen molar-refractivity contribution in [1.29, 1.82) is 0 Å². The molecule has 1 N–H and O–H groups in total. The molecular weight excluding hydrogens is 394 g/mol. The van der Waals surface area contributed by atoms with E-state index in [-0.39, 0.29) is 0 Å². The van der Waals surface area contributed by atoms with Gasteiger partial charge in [0.2, 0.25) is 0 Å². The van der Waals surface area contributed by atoms with Crippen LogP contribution in [0.1, 0.15) is 37.8 Å². The van der Waals surface area contributed by atoms with Gasteiger partial charge < -0.3 is 0 Å². The molecule has 0 amide bonds. The van der Waals surface area contributed by atoms with Crippen LogP contribution in [0.5, 0.6) is 0 Å². The van der Waals surface area contributed by atoms with Crippen molar-refractivity contribution in [1.82, 2.24) is 15.2 Å². The van der Waals surface area contributed by atoms with Gasteiger partial charge in [0.15, 0.2) is 0 Å². The summed E-state index contributed by atoms with van der Waals surface area (Å²) in [6.45, 7) is 4.18. The second-order valence-electron chi connectivity index (χ2n) is 7.67. The third-order valence-corrected chi connectivity index (χ3v) is 5.30. The summed E-state index contributed by atoms with van der Waals surface area (Å²) in [5, 5.41) is 13.2. The third kappa shape index (κ3) is 5.24. The van der Waals surface area contributed by atoms with E-state index in [9.17, 15) is 0 Å². The van der Waals surface area contributed by atoms with Crippen molar-refractivity contribution in [3.63, 3.8) is 0 Å². The van der Waals surface area contributed by atoms with E-state index in [0.29, 0.717) is 5.95 Å².